The molecule has 0 fully saturated rings. The molecule has 0 atom stereocenters. The molecule has 0 saturated carbocycles. The zero-order valence-corrected chi connectivity index (χ0v) is 8.02. The van der Waals surface area contributed by atoms with Crippen molar-refractivity contribution in [1.29, 1.82) is 0 Å². The van der Waals surface area contributed by atoms with E-state index in [0.717, 1.165) is 5.06 Å². The van der Waals surface area contributed by atoms with E-state index in [1.807, 2.05) is 0 Å². The number of hydrogen-bond acceptors (Lipinski definition) is 3. The molecule has 0 bridgehead atoms. The number of pyridine rings is 1. The van der Waals surface area contributed by atoms with E-state index in [-0.39, 0.29) is 5.91 Å². The van der Waals surface area contributed by atoms with Gasteiger partial charge in [0, 0.05) is 13.2 Å². The zero-order chi connectivity index (χ0) is 10.6. The maximum absolute atomic E-state index is 11.5. The monoisotopic (exact) mass is 190 g/mol. The summed E-state index contributed by atoms with van der Waals surface area (Å²) in [6.45, 7) is 0. The van der Waals surface area contributed by atoms with E-state index in [0.29, 0.717) is 11.3 Å². The summed E-state index contributed by atoms with van der Waals surface area (Å²) in [6, 6.07) is 3.22. The van der Waals surface area contributed by atoms with Crippen molar-refractivity contribution in [3.05, 3.63) is 29.6 Å². The van der Waals surface area contributed by atoms with Gasteiger partial charge in [0.15, 0.2) is 0 Å². The van der Waals surface area contributed by atoms with Crippen LogP contribution < -0.4 is 0 Å². The Morgan fingerprint density at radius 3 is 2.79 bits per heavy atom. The molecular formula is C10H10N2O2. The van der Waals surface area contributed by atoms with Gasteiger partial charge in [-0.2, -0.15) is 0 Å². The molecule has 0 radical (unpaired) electrons. The average Bonchev–Trinajstić information content (AvgIpc) is 2.27. The van der Waals surface area contributed by atoms with Crippen molar-refractivity contribution in [2.75, 3.05) is 14.2 Å². The van der Waals surface area contributed by atoms with Crippen LogP contribution >= 0.6 is 0 Å². The molecule has 1 aromatic heterocycles. The minimum Gasteiger partial charge on any atom is -0.274 e. The number of hydrogen-bond donors (Lipinski definition) is 0. The maximum atomic E-state index is 11.5. The molecule has 4 heteroatoms. The van der Waals surface area contributed by atoms with Crippen molar-refractivity contribution >= 4 is 5.91 Å². The first-order valence-corrected chi connectivity index (χ1v) is 3.94. The maximum Gasteiger partial charge on any atom is 0.278 e. The second-order valence-electron chi connectivity index (χ2n) is 2.56. The fourth-order valence-corrected chi connectivity index (χ4v) is 0.870. The second-order valence-corrected chi connectivity index (χ2v) is 2.56. The summed E-state index contributed by atoms with van der Waals surface area (Å²) >= 11 is 0. The molecule has 0 saturated heterocycles. The molecule has 1 amide bonds. The minimum absolute atomic E-state index is 0.261. The van der Waals surface area contributed by atoms with Crippen LogP contribution in [0, 0.1) is 12.3 Å². The highest BCUT2D eigenvalue weighted by molar-refractivity contribution is 5.93. The van der Waals surface area contributed by atoms with Crippen LogP contribution in [-0.2, 0) is 4.84 Å². The summed E-state index contributed by atoms with van der Waals surface area (Å²) in [5.41, 5.74) is 0.940. The quantitative estimate of drug-likeness (QED) is 0.509. The van der Waals surface area contributed by atoms with Gasteiger partial charge in [-0.05, 0) is 12.1 Å². The minimum atomic E-state index is -0.261. The van der Waals surface area contributed by atoms with Crippen molar-refractivity contribution < 1.29 is 9.63 Å². The lowest BCUT2D eigenvalue weighted by Gasteiger charge is -2.12. The normalized spacial score (nSPS) is 9.21. The van der Waals surface area contributed by atoms with E-state index in [1.54, 1.807) is 12.1 Å². The van der Waals surface area contributed by atoms with Gasteiger partial charge in [-0.3, -0.25) is 9.63 Å². The predicted molar refractivity (Wildman–Crippen MR) is 51.3 cm³/mol. The van der Waals surface area contributed by atoms with Gasteiger partial charge in [-0.15, -0.1) is 6.42 Å². The lowest BCUT2D eigenvalue weighted by molar-refractivity contribution is -0.0757. The first-order chi connectivity index (χ1) is 6.69. The number of rotatable bonds is 2. The number of carbonyl (C=O) groups excluding carboxylic acids is 1. The van der Waals surface area contributed by atoms with Crippen LogP contribution in [0.1, 0.15) is 16.1 Å². The Bertz CT molecular complexity index is 365. The molecule has 0 aliphatic heterocycles. The fourth-order valence-electron chi connectivity index (χ4n) is 0.870. The third-order valence-electron chi connectivity index (χ3n) is 1.72. The number of nitrogens with zero attached hydrogens (tertiary/aromatic N) is 2. The van der Waals surface area contributed by atoms with Crippen LogP contribution in [-0.4, -0.2) is 30.1 Å². The smallest absolute Gasteiger partial charge is 0.274 e. The van der Waals surface area contributed by atoms with Gasteiger partial charge >= 0.3 is 0 Å². The van der Waals surface area contributed by atoms with Crippen LogP contribution in [0.15, 0.2) is 18.3 Å². The molecule has 0 aliphatic rings. The first kappa shape index (κ1) is 10.2. The summed E-state index contributed by atoms with van der Waals surface area (Å²) in [6.07, 6.45) is 6.55. The van der Waals surface area contributed by atoms with E-state index >= 15 is 0 Å². The molecule has 0 unspecified atom stereocenters. The Morgan fingerprint density at radius 1 is 1.64 bits per heavy atom. The summed E-state index contributed by atoms with van der Waals surface area (Å²) in [5.74, 6) is 2.11. The largest absolute Gasteiger partial charge is 0.278 e. The van der Waals surface area contributed by atoms with E-state index in [9.17, 15) is 4.79 Å². The number of aromatic nitrogens is 1. The van der Waals surface area contributed by atoms with E-state index < -0.39 is 0 Å². The standard InChI is InChI=1S/C10H10N2O2/c1-4-9-6-5-8(7-11-9)10(13)12(2)14-3/h1,5-7H,2-3H3. The van der Waals surface area contributed by atoms with Crippen molar-refractivity contribution in [1.82, 2.24) is 10.0 Å². The molecular weight excluding hydrogens is 180 g/mol. The van der Waals surface area contributed by atoms with Crippen molar-refractivity contribution in [2.24, 2.45) is 0 Å². The molecule has 4 nitrogen and oxygen atoms in total. The molecule has 0 aliphatic carbocycles. The van der Waals surface area contributed by atoms with Gasteiger partial charge in [0.05, 0.1) is 12.7 Å². The summed E-state index contributed by atoms with van der Waals surface area (Å²) < 4.78 is 0. The molecule has 1 rings (SSSR count). The Kier molecular flexibility index (Phi) is 3.21. The van der Waals surface area contributed by atoms with Gasteiger partial charge < -0.3 is 0 Å². The van der Waals surface area contributed by atoms with Crippen molar-refractivity contribution in [3.63, 3.8) is 0 Å². The van der Waals surface area contributed by atoms with Crippen LogP contribution in [0.2, 0.25) is 0 Å². The van der Waals surface area contributed by atoms with E-state index in [2.05, 4.69) is 10.9 Å². The highest BCUT2D eigenvalue weighted by Crippen LogP contribution is 2.02. The number of amides is 1. The Hall–Kier alpha value is -1.86. The number of carbonyl (C=O) groups is 1. The van der Waals surface area contributed by atoms with Gasteiger partial charge in [0.2, 0.25) is 0 Å². The number of terminal acetylenes is 1. The van der Waals surface area contributed by atoms with E-state index in [1.165, 1.54) is 20.4 Å². The Balaban J connectivity index is 2.88. The lowest BCUT2D eigenvalue weighted by Crippen LogP contribution is -2.25. The molecule has 72 valence electrons. The van der Waals surface area contributed by atoms with Crippen LogP contribution in [0.5, 0.6) is 0 Å². The summed E-state index contributed by atoms with van der Waals surface area (Å²) in [7, 11) is 2.94. The topological polar surface area (TPSA) is 42.4 Å². The highest BCUT2D eigenvalue weighted by atomic mass is 16.7. The third kappa shape index (κ3) is 2.09. The van der Waals surface area contributed by atoms with Crippen LogP contribution in [0.4, 0.5) is 0 Å². The van der Waals surface area contributed by atoms with Gasteiger partial charge in [0.1, 0.15) is 5.69 Å². The molecule has 14 heavy (non-hydrogen) atoms. The summed E-state index contributed by atoms with van der Waals surface area (Å²) in [4.78, 5) is 20.1. The Morgan fingerprint density at radius 2 is 2.36 bits per heavy atom. The van der Waals surface area contributed by atoms with Gasteiger partial charge in [-0.1, -0.05) is 5.92 Å². The highest BCUT2D eigenvalue weighted by Gasteiger charge is 2.10. The molecule has 0 aromatic carbocycles. The fraction of sp³-hybridized carbons (Fsp3) is 0.200. The molecule has 0 spiro atoms. The molecule has 1 heterocycles. The van der Waals surface area contributed by atoms with Gasteiger partial charge in [-0.25, -0.2) is 10.0 Å². The second kappa shape index (κ2) is 4.40. The first-order valence-electron chi connectivity index (χ1n) is 3.94. The average molecular weight is 190 g/mol. The number of hydroxylamine groups is 2. The molecule has 1 aromatic rings. The summed E-state index contributed by atoms with van der Waals surface area (Å²) in [5, 5.41) is 1.12. The van der Waals surface area contributed by atoms with Crippen LogP contribution in [0.25, 0.3) is 0 Å². The lowest BCUT2D eigenvalue weighted by atomic mass is 10.2. The van der Waals surface area contributed by atoms with Crippen LogP contribution in [0.3, 0.4) is 0 Å². The molecule has 0 N–H and O–H groups in total. The zero-order valence-electron chi connectivity index (χ0n) is 8.02. The predicted octanol–water partition coefficient (Wildman–Crippen LogP) is 0.696. The van der Waals surface area contributed by atoms with E-state index in [4.69, 9.17) is 11.3 Å². The Labute approximate surface area is 82.5 Å². The van der Waals surface area contributed by atoms with Crippen molar-refractivity contribution in [2.45, 2.75) is 0 Å². The van der Waals surface area contributed by atoms with Gasteiger partial charge in [0.25, 0.3) is 5.91 Å². The van der Waals surface area contributed by atoms with Crippen molar-refractivity contribution in [3.8, 4) is 12.3 Å². The SMILES string of the molecule is C#Cc1ccc(C(=O)N(C)OC)cn1. The third-order valence-corrected chi connectivity index (χ3v) is 1.72.